The van der Waals surface area contributed by atoms with Crippen LogP contribution in [0.25, 0.3) is 0 Å². The van der Waals surface area contributed by atoms with Gasteiger partial charge in [0.2, 0.25) is 5.89 Å². The number of aromatic nitrogens is 2. The van der Waals surface area contributed by atoms with Gasteiger partial charge in [-0.15, -0.1) is 0 Å². The molecule has 0 aliphatic carbocycles. The molecule has 1 saturated heterocycles. The Balaban J connectivity index is 1.73. The van der Waals surface area contributed by atoms with Gasteiger partial charge in [0, 0.05) is 6.42 Å². The van der Waals surface area contributed by atoms with Crippen LogP contribution in [0.2, 0.25) is 0 Å². The Labute approximate surface area is 112 Å². The molecule has 0 amide bonds. The summed E-state index contributed by atoms with van der Waals surface area (Å²) in [4.78, 5) is 6.76. The molecule has 3 rings (SSSR count). The molecule has 0 radical (unpaired) electrons. The SMILES string of the molecule is CCc1noc(CN2CCCCC2c2ccco2)n1. The van der Waals surface area contributed by atoms with E-state index in [1.807, 2.05) is 19.1 Å². The van der Waals surface area contributed by atoms with Crippen LogP contribution in [0.4, 0.5) is 0 Å². The highest BCUT2D eigenvalue weighted by molar-refractivity contribution is 5.06. The number of hydrogen-bond acceptors (Lipinski definition) is 5. The number of likely N-dealkylation sites (tertiary alicyclic amines) is 1. The Morgan fingerprint density at radius 3 is 3.11 bits per heavy atom. The highest BCUT2D eigenvalue weighted by Crippen LogP contribution is 2.32. The van der Waals surface area contributed by atoms with Crippen molar-refractivity contribution in [2.45, 2.75) is 45.2 Å². The van der Waals surface area contributed by atoms with Crippen molar-refractivity contribution < 1.29 is 8.94 Å². The molecule has 5 nitrogen and oxygen atoms in total. The average Bonchev–Trinajstić information content (AvgIpc) is 3.10. The number of furan rings is 1. The Kier molecular flexibility index (Phi) is 3.64. The lowest BCUT2D eigenvalue weighted by molar-refractivity contribution is 0.108. The monoisotopic (exact) mass is 261 g/mol. The summed E-state index contributed by atoms with van der Waals surface area (Å²) in [6, 6.07) is 4.33. The van der Waals surface area contributed by atoms with Crippen molar-refractivity contribution in [3.63, 3.8) is 0 Å². The van der Waals surface area contributed by atoms with Gasteiger partial charge < -0.3 is 8.94 Å². The van der Waals surface area contributed by atoms with E-state index in [9.17, 15) is 0 Å². The van der Waals surface area contributed by atoms with Crippen molar-refractivity contribution in [1.82, 2.24) is 15.0 Å². The topological polar surface area (TPSA) is 55.3 Å². The molecular weight excluding hydrogens is 242 g/mol. The number of nitrogens with zero attached hydrogens (tertiary/aromatic N) is 3. The van der Waals surface area contributed by atoms with Crippen LogP contribution in [0.5, 0.6) is 0 Å². The maximum absolute atomic E-state index is 5.56. The quantitative estimate of drug-likeness (QED) is 0.847. The molecule has 2 aromatic rings. The highest BCUT2D eigenvalue weighted by atomic mass is 16.5. The van der Waals surface area contributed by atoms with Crippen molar-refractivity contribution in [2.24, 2.45) is 0 Å². The molecule has 3 heterocycles. The summed E-state index contributed by atoms with van der Waals surface area (Å²) in [5, 5.41) is 3.95. The first-order valence-corrected chi connectivity index (χ1v) is 6.95. The first-order chi connectivity index (χ1) is 9.36. The summed E-state index contributed by atoms with van der Waals surface area (Å²) in [5.74, 6) is 2.52. The third-order valence-corrected chi connectivity index (χ3v) is 3.65. The molecule has 1 fully saturated rings. The summed E-state index contributed by atoms with van der Waals surface area (Å²) in [7, 11) is 0. The predicted molar refractivity (Wildman–Crippen MR) is 69.4 cm³/mol. The van der Waals surface area contributed by atoms with Gasteiger partial charge in [-0.1, -0.05) is 18.5 Å². The highest BCUT2D eigenvalue weighted by Gasteiger charge is 2.27. The molecule has 102 valence electrons. The smallest absolute Gasteiger partial charge is 0.240 e. The fraction of sp³-hybridized carbons (Fsp3) is 0.571. The predicted octanol–water partition coefficient (Wildman–Crippen LogP) is 2.95. The minimum atomic E-state index is 0.334. The van der Waals surface area contributed by atoms with Gasteiger partial charge in [0.15, 0.2) is 5.82 Å². The van der Waals surface area contributed by atoms with Crippen LogP contribution in [-0.2, 0) is 13.0 Å². The van der Waals surface area contributed by atoms with E-state index in [4.69, 9.17) is 8.94 Å². The summed E-state index contributed by atoms with van der Waals surface area (Å²) in [6.45, 7) is 3.79. The van der Waals surface area contributed by atoms with Gasteiger partial charge in [0.1, 0.15) is 5.76 Å². The van der Waals surface area contributed by atoms with Crippen LogP contribution < -0.4 is 0 Å². The van der Waals surface area contributed by atoms with Gasteiger partial charge in [-0.3, -0.25) is 4.90 Å². The van der Waals surface area contributed by atoms with Crippen LogP contribution >= 0.6 is 0 Å². The maximum Gasteiger partial charge on any atom is 0.240 e. The molecular formula is C14H19N3O2. The van der Waals surface area contributed by atoms with Crippen LogP contribution in [0.1, 0.15) is 49.7 Å². The second kappa shape index (κ2) is 5.57. The van der Waals surface area contributed by atoms with Gasteiger partial charge >= 0.3 is 0 Å². The van der Waals surface area contributed by atoms with E-state index in [0.29, 0.717) is 18.5 Å². The molecule has 1 atom stereocenters. The second-order valence-corrected chi connectivity index (χ2v) is 4.96. The number of hydrogen-bond donors (Lipinski definition) is 0. The van der Waals surface area contributed by atoms with E-state index < -0.39 is 0 Å². The van der Waals surface area contributed by atoms with Crippen molar-refractivity contribution >= 4 is 0 Å². The van der Waals surface area contributed by atoms with Crippen molar-refractivity contribution in [3.05, 3.63) is 35.9 Å². The lowest BCUT2D eigenvalue weighted by Gasteiger charge is -2.33. The second-order valence-electron chi connectivity index (χ2n) is 4.96. The van der Waals surface area contributed by atoms with E-state index in [1.165, 1.54) is 12.8 Å². The van der Waals surface area contributed by atoms with E-state index in [0.717, 1.165) is 31.0 Å². The molecule has 19 heavy (non-hydrogen) atoms. The normalized spacial score (nSPS) is 20.8. The number of piperidine rings is 1. The van der Waals surface area contributed by atoms with Crippen LogP contribution in [0.3, 0.4) is 0 Å². The molecule has 2 aromatic heterocycles. The zero-order chi connectivity index (χ0) is 13.1. The van der Waals surface area contributed by atoms with Gasteiger partial charge in [-0.25, -0.2) is 0 Å². The molecule has 1 unspecified atom stereocenters. The molecule has 5 heteroatoms. The van der Waals surface area contributed by atoms with E-state index >= 15 is 0 Å². The average molecular weight is 261 g/mol. The number of rotatable bonds is 4. The van der Waals surface area contributed by atoms with Crippen LogP contribution in [-0.4, -0.2) is 21.6 Å². The maximum atomic E-state index is 5.56. The van der Waals surface area contributed by atoms with Crippen LogP contribution in [0, 0.1) is 0 Å². The Hall–Kier alpha value is -1.62. The molecule has 0 N–H and O–H groups in total. The summed E-state index contributed by atoms with van der Waals surface area (Å²) in [5.41, 5.74) is 0. The van der Waals surface area contributed by atoms with Gasteiger partial charge in [0.05, 0.1) is 18.8 Å². The molecule has 1 aliphatic heterocycles. The fourth-order valence-electron chi connectivity index (χ4n) is 2.66. The molecule has 1 aliphatic rings. The fourth-order valence-corrected chi connectivity index (χ4v) is 2.66. The molecule has 0 spiro atoms. The minimum Gasteiger partial charge on any atom is -0.468 e. The Bertz CT molecular complexity index is 507. The third kappa shape index (κ3) is 2.71. The van der Waals surface area contributed by atoms with E-state index in [-0.39, 0.29) is 0 Å². The molecule has 0 aromatic carbocycles. The first kappa shape index (κ1) is 12.4. The van der Waals surface area contributed by atoms with Crippen molar-refractivity contribution in [3.8, 4) is 0 Å². The van der Waals surface area contributed by atoms with Gasteiger partial charge in [0.25, 0.3) is 0 Å². The lowest BCUT2D eigenvalue weighted by atomic mass is 10.00. The first-order valence-electron chi connectivity index (χ1n) is 6.95. The molecule has 0 saturated carbocycles. The summed E-state index contributed by atoms with van der Waals surface area (Å²) < 4.78 is 10.8. The summed E-state index contributed by atoms with van der Waals surface area (Å²) >= 11 is 0. The zero-order valence-corrected chi connectivity index (χ0v) is 11.2. The minimum absolute atomic E-state index is 0.334. The van der Waals surface area contributed by atoms with E-state index in [2.05, 4.69) is 15.0 Å². The van der Waals surface area contributed by atoms with E-state index in [1.54, 1.807) is 6.26 Å². The van der Waals surface area contributed by atoms with Crippen LogP contribution in [0.15, 0.2) is 27.3 Å². The number of aryl methyl sites for hydroxylation is 1. The van der Waals surface area contributed by atoms with Gasteiger partial charge in [-0.05, 0) is 31.5 Å². The third-order valence-electron chi connectivity index (χ3n) is 3.65. The largest absolute Gasteiger partial charge is 0.468 e. The Morgan fingerprint density at radius 1 is 1.42 bits per heavy atom. The summed E-state index contributed by atoms with van der Waals surface area (Å²) in [6.07, 6.45) is 6.13. The lowest BCUT2D eigenvalue weighted by Crippen LogP contribution is -2.32. The van der Waals surface area contributed by atoms with Crippen molar-refractivity contribution in [2.75, 3.05) is 6.54 Å². The molecule has 0 bridgehead atoms. The standard InChI is InChI=1S/C14H19N3O2/c1-2-13-15-14(19-16-13)10-17-8-4-3-6-11(17)12-7-5-9-18-12/h5,7,9,11H,2-4,6,8,10H2,1H3. The van der Waals surface area contributed by atoms with Crippen molar-refractivity contribution in [1.29, 1.82) is 0 Å². The zero-order valence-electron chi connectivity index (χ0n) is 11.2. The Morgan fingerprint density at radius 2 is 2.37 bits per heavy atom. The van der Waals surface area contributed by atoms with Gasteiger partial charge in [-0.2, -0.15) is 4.98 Å².